The van der Waals surface area contributed by atoms with Gasteiger partial charge in [-0.2, -0.15) is 0 Å². The summed E-state index contributed by atoms with van der Waals surface area (Å²) in [5.74, 6) is -0.853. The fraction of sp³-hybridized carbons (Fsp3) is 0.833. The largest absolute Gasteiger partial charge is 0.481 e. The molecule has 0 aliphatic rings. The van der Waals surface area contributed by atoms with Crippen molar-refractivity contribution in [3.63, 3.8) is 0 Å². The predicted molar refractivity (Wildman–Crippen MR) is 36.7 cm³/mol. The van der Waals surface area contributed by atoms with Crippen LogP contribution in [0.5, 0.6) is 0 Å². The quantitative estimate of drug-likeness (QED) is 0.522. The summed E-state index contributed by atoms with van der Waals surface area (Å²) in [5.41, 5.74) is 0. The number of rotatable bonds is 3. The summed E-state index contributed by atoms with van der Waals surface area (Å²) < 4.78 is 0. The van der Waals surface area contributed by atoms with Gasteiger partial charge in [0.05, 0.1) is 0 Å². The third-order valence-corrected chi connectivity index (χ3v) is 0.549. The third kappa shape index (κ3) is 26.3. The van der Waals surface area contributed by atoms with Crippen molar-refractivity contribution in [1.82, 2.24) is 0 Å². The molecular weight excluding hydrogens is 136 g/mol. The summed E-state index contributed by atoms with van der Waals surface area (Å²) >= 11 is 0. The van der Waals surface area contributed by atoms with Gasteiger partial charge in [0.2, 0.25) is 0 Å². The first-order valence-electron chi connectivity index (χ1n) is 3.12. The molecule has 10 heavy (non-hydrogen) atoms. The van der Waals surface area contributed by atoms with Crippen LogP contribution in [0.15, 0.2) is 0 Å². The zero-order valence-corrected chi connectivity index (χ0v) is 6.08. The van der Waals surface area contributed by atoms with Crippen LogP contribution in [0.25, 0.3) is 0 Å². The van der Waals surface area contributed by atoms with Crippen molar-refractivity contribution < 1.29 is 20.1 Å². The van der Waals surface area contributed by atoms with Gasteiger partial charge in [-0.15, -0.1) is 0 Å². The van der Waals surface area contributed by atoms with Crippen LogP contribution < -0.4 is 0 Å². The highest BCUT2D eigenvalue weighted by Gasteiger charge is 1.91. The van der Waals surface area contributed by atoms with E-state index >= 15 is 0 Å². The molecule has 0 rings (SSSR count). The number of carbonyl (C=O) groups is 1. The van der Waals surface area contributed by atoms with Crippen LogP contribution in [0.4, 0.5) is 0 Å². The average molecular weight is 150 g/mol. The first-order chi connectivity index (χ1) is 4.68. The summed E-state index contributed by atoms with van der Waals surface area (Å²) in [6.07, 6.45) is 0.422. The lowest BCUT2D eigenvalue weighted by atomic mass is 10.3. The van der Waals surface area contributed by atoms with Crippen LogP contribution in [0.1, 0.15) is 19.8 Å². The highest BCUT2D eigenvalue weighted by molar-refractivity contribution is 5.66. The van der Waals surface area contributed by atoms with Gasteiger partial charge in [-0.05, 0) is 13.3 Å². The highest BCUT2D eigenvalue weighted by Crippen LogP contribution is 1.83. The second kappa shape index (κ2) is 11.2. The second-order valence-corrected chi connectivity index (χ2v) is 1.54. The lowest BCUT2D eigenvalue weighted by molar-refractivity contribution is -0.137. The minimum Gasteiger partial charge on any atom is -0.481 e. The van der Waals surface area contributed by atoms with E-state index in [0.717, 1.165) is 0 Å². The first kappa shape index (κ1) is 12.1. The van der Waals surface area contributed by atoms with Crippen molar-refractivity contribution >= 4 is 5.97 Å². The molecule has 0 amide bonds. The van der Waals surface area contributed by atoms with Gasteiger partial charge in [0.25, 0.3) is 0 Å². The third-order valence-electron chi connectivity index (χ3n) is 0.549. The summed E-state index contributed by atoms with van der Waals surface area (Å²) in [6.45, 7) is 1.90. The predicted octanol–water partition coefficient (Wildman–Crippen LogP) is -0.158. The molecule has 0 aromatic rings. The van der Waals surface area contributed by atoms with Crippen molar-refractivity contribution in [2.45, 2.75) is 19.8 Å². The molecule has 0 aliphatic carbocycles. The highest BCUT2D eigenvalue weighted by atomic mass is 16.4. The van der Waals surface area contributed by atoms with E-state index in [0.29, 0.717) is 6.42 Å². The van der Waals surface area contributed by atoms with Crippen LogP contribution in [0.3, 0.4) is 0 Å². The molecule has 0 unspecified atom stereocenters. The summed E-state index contributed by atoms with van der Waals surface area (Å²) in [7, 11) is 0. The van der Waals surface area contributed by atoms with Crippen LogP contribution in [0, 0.1) is 0 Å². The van der Waals surface area contributed by atoms with Crippen LogP contribution >= 0.6 is 0 Å². The number of aliphatic hydroxyl groups excluding tert-OH is 2. The molecule has 3 N–H and O–H groups in total. The second-order valence-electron chi connectivity index (χ2n) is 1.54. The topological polar surface area (TPSA) is 77.8 Å². The number of hydrogen-bond donors (Lipinski definition) is 3. The molecule has 4 heteroatoms. The Kier molecular flexibility index (Phi) is 13.6. The Labute approximate surface area is 60.1 Å². The van der Waals surface area contributed by atoms with E-state index in [2.05, 4.69) is 0 Å². The van der Waals surface area contributed by atoms with Crippen molar-refractivity contribution in [3.05, 3.63) is 0 Å². The Bertz CT molecular complexity index is 72.1. The Balaban J connectivity index is 0. The first-order valence-corrected chi connectivity index (χ1v) is 3.12. The lowest BCUT2D eigenvalue weighted by Crippen LogP contribution is -1.95. The smallest absolute Gasteiger partial charge is 0.303 e. The maximum Gasteiger partial charge on any atom is 0.303 e. The average Bonchev–Trinajstić information content (AvgIpc) is 1.85. The fourth-order valence-corrected chi connectivity index (χ4v) is 0.230. The van der Waals surface area contributed by atoms with E-state index in [-0.39, 0.29) is 19.6 Å². The molecule has 0 saturated carbocycles. The van der Waals surface area contributed by atoms with Gasteiger partial charge in [-0.25, -0.2) is 0 Å². The van der Waals surface area contributed by atoms with E-state index in [1.165, 1.54) is 0 Å². The molecule has 0 aliphatic heterocycles. The molecule has 0 radical (unpaired) electrons. The van der Waals surface area contributed by atoms with Gasteiger partial charge in [-0.1, -0.05) is 0 Å². The monoisotopic (exact) mass is 150 g/mol. The number of hydrogen-bond acceptors (Lipinski definition) is 3. The van der Waals surface area contributed by atoms with Gasteiger partial charge in [0, 0.05) is 19.6 Å². The van der Waals surface area contributed by atoms with Crippen molar-refractivity contribution in [1.29, 1.82) is 0 Å². The number of carboxylic acids is 1. The van der Waals surface area contributed by atoms with Gasteiger partial charge in [0.15, 0.2) is 0 Å². The van der Waals surface area contributed by atoms with E-state index in [4.69, 9.17) is 15.3 Å². The maximum atomic E-state index is 9.65. The Morgan fingerprint density at radius 3 is 1.90 bits per heavy atom. The summed E-state index contributed by atoms with van der Waals surface area (Å²) in [6, 6.07) is 0. The van der Waals surface area contributed by atoms with Gasteiger partial charge in [-0.3, -0.25) is 4.79 Å². The van der Waals surface area contributed by atoms with E-state index in [1.54, 1.807) is 6.92 Å². The zero-order valence-electron chi connectivity index (χ0n) is 6.08. The summed E-state index contributed by atoms with van der Waals surface area (Å²) in [5, 5.41) is 23.6. The molecule has 0 heterocycles. The minimum absolute atomic E-state index is 0.0354. The van der Waals surface area contributed by atoms with Crippen LogP contribution in [-0.2, 0) is 4.79 Å². The van der Waals surface area contributed by atoms with Gasteiger partial charge >= 0.3 is 5.97 Å². The van der Waals surface area contributed by atoms with Crippen LogP contribution in [-0.4, -0.2) is 34.5 Å². The van der Waals surface area contributed by atoms with Crippen molar-refractivity contribution in [2.24, 2.45) is 0 Å². The van der Waals surface area contributed by atoms with Crippen LogP contribution in [0.2, 0.25) is 0 Å². The standard InChI is InChI=1S/C4H8O3.C2H6O/c5-3-1-2-4(6)7;1-2-3/h5H,1-3H2,(H,6,7);3H,2H2,1H3. The van der Waals surface area contributed by atoms with E-state index in [9.17, 15) is 4.79 Å². The van der Waals surface area contributed by atoms with Crippen molar-refractivity contribution in [2.75, 3.05) is 13.2 Å². The fourth-order valence-electron chi connectivity index (χ4n) is 0.230. The normalized spacial score (nSPS) is 7.90. The molecule has 0 spiro atoms. The Morgan fingerprint density at radius 1 is 1.40 bits per heavy atom. The Hall–Kier alpha value is -0.610. The molecule has 0 bridgehead atoms. The maximum absolute atomic E-state index is 9.65. The molecular formula is C6H14O4. The lowest BCUT2D eigenvalue weighted by Gasteiger charge is -1.85. The summed E-state index contributed by atoms with van der Waals surface area (Å²) in [4.78, 5) is 9.65. The molecule has 0 saturated heterocycles. The number of aliphatic hydroxyl groups is 2. The van der Waals surface area contributed by atoms with Crippen molar-refractivity contribution in [3.8, 4) is 0 Å². The molecule has 0 aromatic heterocycles. The van der Waals surface area contributed by atoms with Gasteiger partial charge in [0.1, 0.15) is 0 Å². The number of carboxylic acid groups (broad SMARTS) is 1. The molecule has 0 fully saturated rings. The molecule has 0 atom stereocenters. The zero-order chi connectivity index (χ0) is 8.41. The SMILES string of the molecule is CCO.O=C(O)CCCO. The van der Waals surface area contributed by atoms with E-state index in [1.807, 2.05) is 0 Å². The molecule has 0 aromatic carbocycles. The molecule has 4 nitrogen and oxygen atoms in total. The minimum atomic E-state index is -0.853. The Morgan fingerprint density at radius 2 is 1.80 bits per heavy atom. The van der Waals surface area contributed by atoms with Gasteiger partial charge < -0.3 is 15.3 Å². The van der Waals surface area contributed by atoms with E-state index < -0.39 is 5.97 Å². The molecule has 62 valence electrons. The number of aliphatic carboxylic acids is 1.